The van der Waals surface area contributed by atoms with Crippen LogP contribution in [0.5, 0.6) is 0 Å². The van der Waals surface area contributed by atoms with E-state index in [4.69, 9.17) is 0 Å². The van der Waals surface area contributed by atoms with E-state index in [2.05, 4.69) is 0 Å². The van der Waals surface area contributed by atoms with Gasteiger partial charge in [-0.25, -0.2) is 4.57 Å². The van der Waals surface area contributed by atoms with Crippen molar-refractivity contribution < 1.29 is 21.4 Å². The van der Waals surface area contributed by atoms with E-state index in [1.807, 2.05) is 0 Å². The summed E-state index contributed by atoms with van der Waals surface area (Å²) in [5, 5.41) is 0. The first-order valence-corrected chi connectivity index (χ1v) is 6.64. The highest BCUT2D eigenvalue weighted by molar-refractivity contribution is 8.55. The second kappa shape index (κ2) is 3.28. The van der Waals surface area contributed by atoms with Crippen LogP contribution in [0.25, 0.3) is 0 Å². The van der Waals surface area contributed by atoms with E-state index in [1.54, 1.807) is 4.52 Å². The molecule has 9 heteroatoms. The predicted octanol–water partition coefficient (Wildman–Crippen LogP) is 4.28. The van der Waals surface area contributed by atoms with E-state index < -0.39 is 14.8 Å². The maximum Gasteiger partial charge on any atom is 0.533 e. The molecule has 10 heavy (non-hydrogen) atoms. The summed E-state index contributed by atoms with van der Waals surface area (Å²) in [5.41, 5.74) is 0. The average molecular weight is 215 g/mol. The van der Waals surface area contributed by atoms with Crippen LogP contribution in [0, 0.1) is 0 Å². The monoisotopic (exact) mass is 215 g/mol. The smallest absolute Gasteiger partial charge is 0.224 e. The lowest BCUT2D eigenvalue weighted by molar-refractivity contribution is 0.496. The van der Waals surface area contributed by atoms with Gasteiger partial charge in [-0.2, -0.15) is 8.39 Å². The van der Waals surface area contributed by atoms with Crippen LogP contribution >= 0.6 is 26.2 Å². The van der Waals surface area contributed by atoms with Crippen molar-refractivity contribution in [1.82, 2.24) is 0 Å². The zero-order chi connectivity index (χ0) is 8.41. The van der Waals surface area contributed by atoms with Crippen molar-refractivity contribution in [3.63, 3.8) is 0 Å². The summed E-state index contributed by atoms with van der Waals surface area (Å²) in [7, 11) is -5.90. The molecule has 0 aliphatic rings. The summed E-state index contributed by atoms with van der Waals surface area (Å²) in [4.78, 5) is 0. The van der Waals surface area contributed by atoms with Crippen molar-refractivity contribution in [1.29, 1.82) is 0 Å². The third-order valence-corrected chi connectivity index (χ3v) is 4.51. The zero-order valence-corrected chi connectivity index (χ0v) is 7.28. The maximum absolute atomic E-state index is 11.9. The van der Waals surface area contributed by atoms with Gasteiger partial charge in [0.25, 0.3) is 0 Å². The topological polar surface area (TPSA) is 29.4 Å². The fourth-order valence-corrected chi connectivity index (χ4v) is 2.84. The van der Waals surface area contributed by atoms with Crippen LogP contribution in [-0.4, -0.2) is 6.26 Å². The molecule has 62 valence electrons. The molecule has 0 aromatic heterocycles. The normalized spacial score (nSPS) is 13.3. The molecule has 0 bridgehead atoms. The largest absolute Gasteiger partial charge is 0.533 e. The number of halogens is 4. The maximum atomic E-state index is 11.9. The van der Waals surface area contributed by atoms with Crippen LogP contribution in [0.2, 0.25) is 0 Å². The summed E-state index contributed by atoms with van der Waals surface area (Å²) in [6, 6.07) is 0. The van der Waals surface area contributed by atoms with Crippen molar-refractivity contribution in [3.8, 4) is 0 Å². The molecule has 0 amide bonds. The summed E-state index contributed by atoms with van der Waals surface area (Å²) < 4.78 is 57.5. The van der Waals surface area contributed by atoms with Crippen molar-refractivity contribution in [2.24, 2.45) is 4.52 Å². The van der Waals surface area contributed by atoms with E-state index in [-0.39, 0.29) is 11.4 Å². The number of hydrogen-bond acceptors (Lipinski definition) is 2. The molecule has 0 saturated carbocycles. The highest BCUT2D eigenvalue weighted by Crippen LogP contribution is 2.71. The molecule has 0 unspecified atom stereocenters. The molecule has 0 fully saturated rings. The van der Waals surface area contributed by atoms with Crippen molar-refractivity contribution >= 4 is 26.2 Å². The minimum Gasteiger partial charge on any atom is -0.224 e. The lowest BCUT2D eigenvalue weighted by Gasteiger charge is -1.97. The van der Waals surface area contributed by atoms with Gasteiger partial charge in [0, 0.05) is 0 Å². The Balaban J connectivity index is 4.61. The Kier molecular flexibility index (Phi) is 3.46. The summed E-state index contributed by atoms with van der Waals surface area (Å²) in [5.74, 6) is 0. The van der Waals surface area contributed by atoms with Crippen LogP contribution in [0.15, 0.2) is 4.52 Å². The Morgan fingerprint density at radius 2 is 1.70 bits per heavy atom. The SMILES string of the molecule is CSP(F)(F)=NP(=O)(F)F. The first-order valence-electron chi connectivity index (χ1n) is 1.85. The zero-order valence-electron chi connectivity index (χ0n) is 4.67. The van der Waals surface area contributed by atoms with Crippen molar-refractivity contribution in [3.05, 3.63) is 0 Å². The summed E-state index contributed by atoms with van der Waals surface area (Å²) in [6.07, 6.45) is 0.937. The third kappa shape index (κ3) is 5.33. The molecular formula is CH3F4NOP2S. The fourth-order valence-electron chi connectivity index (χ4n) is 0.158. The first kappa shape index (κ1) is 10.5. The van der Waals surface area contributed by atoms with Gasteiger partial charge in [-0.1, -0.05) is 11.4 Å². The van der Waals surface area contributed by atoms with Crippen LogP contribution in [-0.2, 0) is 4.57 Å². The predicted molar refractivity (Wildman–Crippen MR) is 34.9 cm³/mol. The molecule has 0 aliphatic heterocycles. The van der Waals surface area contributed by atoms with Gasteiger partial charge < -0.3 is 0 Å². The molecule has 0 saturated heterocycles. The second-order valence-electron chi connectivity index (χ2n) is 1.14. The van der Waals surface area contributed by atoms with Crippen LogP contribution < -0.4 is 0 Å². The molecule has 0 N–H and O–H groups in total. The molecular weight excluding hydrogens is 212 g/mol. The highest BCUT2D eigenvalue weighted by atomic mass is 32.7. The van der Waals surface area contributed by atoms with Crippen LogP contribution in [0.4, 0.5) is 16.8 Å². The van der Waals surface area contributed by atoms with E-state index in [1.165, 1.54) is 0 Å². The van der Waals surface area contributed by atoms with Crippen LogP contribution in [0.1, 0.15) is 0 Å². The molecule has 0 aromatic carbocycles. The summed E-state index contributed by atoms with van der Waals surface area (Å²) >= 11 is -0.0872. The molecule has 0 radical (unpaired) electrons. The third-order valence-electron chi connectivity index (χ3n) is 0.428. The lowest BCUT2D eigenvalue weighted by Crippen LogP contribution is -1.53. The quantitative estimate of drug-likeness (QED) is 0.508. The van der Waals surface area contributed by atoms with Gasteiger partial charge in [-0.3, -0.25) is 0 Å². The molecule has 0 spiro atoms. The van der Waals surface area contributed by atoms with Gasteiger partial charge in [-0.15, -0.1) is 12.9 Å². The first-order chi connectivity index (χ1) is 4.27. The molecule has 0 atom stereocenters. The average Bonchev–Trinajstić information content (AvgIpc) is 1.60. The van der Waals surface area contributed by atoms with Gasteiger partial charge in [0.15, 0.2) is 0 Å². The van der Waals surface area contributed by atoms with Crippen LogP contribution in [0.3, 0.4) is 0 Å². The van der Waals surface area contributed by atoms with Gasteiger partial charge in [0.05, 0.1) is 0 Å². The van der Waals surface area contributed by atoms with E-state index in [0.717, 1.165) is 6.26 Å². The van der Waals surface area contributed by atoms with E-state index in [9.17, 15) is 21.4 Å². The lowest BCUT2D eigenvalue weighted by atomic mass is 12.0. The number of nitrogens with zero attached hydrogens (tertiary/aromatic N) is 1. The van der Waals surface area contributed by atoms with Gasteiger partial charge in [0.2, 0.25) is 0 Å². The molecule has 0 heterocycles. The van der Waals surface area contributed by atoms with Gasteiger partial charge in [-0.05, 0) is 6.26 Å². The number of hydrogen-bond donors (Lipinski definition) is 0. The standard InChI is InChI=1S/CH3F4NOP2S/c1-10-9(4,5)6-8(2,3)7/h1H3. The Morgan fingerprint density at radius 3 is 1.80 bits per heavy atom. The minimum atomic E-state index is -5.90. The highest BCUT2D eigenvalue weighted by Gasteiger charge is 2.26. The summed E-state index contributed by atoms with van der Waals surface area (Å²) in [6.45, 7) is -5.02. The number of rotatable bonds is 2. The minimum absolute atomic E-state index is 0.0872. The van der Waals surface area contributed by atoms with Crippen molar-refractivity contribution in [2.45, 2.75) is 0 Å². The Bertz CT molecular complexity index is 205. The second-order valence-corrected chi connectivity index (χ2v) is 6.37. The van der Waals surface area contributed by atoms with Crippen molar-refractivity contribution in [2.75, 3.05) is 6.26 Å². The molecule has 2 nitrogen and oxygen atoms in total. The molecule has 0 rings (SSSR count). The van der Waals surface area contributed by atoms with E-state index >= 15 is 0 Å². The fraction of sp³-hybridized carbons (Fsp3) is 1.00. The Hall–Kier alpha value is 0.530. The molecule has 0 aliphatic carbocycles. The van der Waals surface area contributed by atoms with E-state index in [0.29, 0.717) is 0 Å². The molecule has 0 aromatic rings. The van der Waals surface area contributed by atoms with Gasteiger partial charge >= 0.3 is 14.8 Å². The van der Waals surface area contributed by atoms with Gasteiger partial charge in [0.1, 0.15) is 0 Å². The Morgan fingerprint density at radius 1 is 1.30 bits per heavy atom. The Labute approximate surface area is 59.1 Å².